The third kappa shape index (κ3) is 7.52. The van der Waals surface area contributed by atoms with Crippen molar-refractivity contribution in [1.29, 1.82) is 0 Å². The van der Waals surface area contributed by atoms with Gasteiger partial charge in [0, 0.05) is 43.1 Å². The number of nitrogens with zero attached hydrogens (tertiary/aromatic N) is 1. The topological polar surface area (TPSA) is 139 Å². The second-order valence-corrected chi connectivity index (χ2v) is 5.92. The average Bonchev–Trinajstić information content (AvgIpc) is 2.76. The number of pyridine rings is 1. The normalized spacial score (nSPS) is 10.6. The van der Waals surface area contributed by atoms with E-state index >= 15 is 0 Å². The van der Waals surface area contributed by atoms with Crippen molar-refractivity contribution in [3.05, 3.63) is 59.3 Å². The minimum Gasteiger partial charge on any atom is -0.383 e. The first-order valence-corrected chi connectivity index (χ1v) is 8.83. The highest BCUT2D eigenvalue weighted by atomic mass is 16.5. The lowest BCUT2D eigenvalue weighted by molar-refractivity contribution is -0.130. The first-order valence-electron chi connectivity index (χ1n) is 8.83. The number of carbonyl (C=O) groups excluding carboxylic acids is 2. The number of hydrogen-bond donors (Lipinski definition) is 5. The molecular formula is C21H27N5O4. The monoisotopic (exact) mass is 413 g/mol. The van der Waals surface area contributed by atoms with E-state index in [1.807, 2.05) is 12.1 Å². The number of nitrogens with two attached hydrogens (primary N) is 1. The van der Waals surface area contributed by atoms with Crippen molar-refractivity contribution in [2.75, 3.05) is 32.1 Å². The number of rotatable bonds is 8. The molecule has 0 fully saturated rings. The van der Waals surface area contributed by atoms with Crippen LogP contribution in [0.25, 0.3) is 0 Å². The van der Waals surface area contributed by atoms with E-state index in [0.717, 1.165) is 11.4 Å². The van der Waals surface area contributed by atoms with Gasteiger partial charge in [-0.25, -0.2) is 10.5 Å². The van der Waals surface area contributed by atoms with Crippen LogP contribution < -0.4 is 21.8 Å². The highest BCUT2D eigenvalue weighted by Gasteiger charge is 2.19. The van der Waals surface area contributed by atoms with Gasteiger partial charge in [-0.3, -0.25) is 14.8 Å². The smallest absolute Gasteiger partial charge is 0.267 e. The number of carbonyl (C=O) groups is 2. The zero-order valence-electron chi connectivity index (χ0n) is 15.9. The number of hydroxylamine groups is 1. The highest BCUT2D eigenvalue weighted by Crippen LogP contribution is 2.06. The molecule has 9 nitrogen and oxygen atoms in total. The van der Waals surface area contributed by atoms with Crippen LogP contribution in [-0.2, 0) is 9.53 Å². The van der Waals surface area contributed by atoms with E-state index in [9.17, 15) is 9.59 Å². The molecule has 9 heteroatoms. The summed E-state index contributed by atoms with van der Waals surface area (Å²) < 4.78 is 4.97. The molecule has 2 amide bonds. The van der Waals surface area contributed by atoms with E-state index in [0.29, 0.717) is 24.3 Å². The summed E-state index contributed by atoms with van der Waals surface area (Å²) in [6, 6.07) is 9.24. The number of ether oxygens (including phenoxy) is 1. The molecule has 0 spiro atoms. The molecule has 0 bridgehead atoms. The van der Waals surface area contributed by atoms with E-state index in [1.54, 1.807) is 37.6 Å². The standard InChI is InChI=1S/C20H23N5O4.CH4/c1-29-11-10-22-18-9-6-15(13-23-18)3-2-14-4-7-16(8-5-14)19(26)24-17(12-21)20(27)25-28;/h4-9,13,17,28H,10-12,21H2,1H3,(H,22,23)(H,24,26)(H,25,27);1H4/t17-;/m0./s1. The molecule has 1 heterocycles. The van der Waals surface area contributed by atoms with Gasteiger partial charge in [-0.05, 0) is 36.4 Å². The number of anilines is 1. The van der Waals surface area contributed by atoms with Crippen molar-refractivity contribution < 1.29 is 19.5 Å². The summed E-state index contributed by atoms with van der Waals surface area (Å²) in [5, 5.41) is 14.2. The van der Waals surface area contributed by atoms with Crippen molar-refractivity contribution in [3.63, 3.8) is 0 Å². The molecule has 0 aliphatic rings. The highest BCUT2D eigenvalue weighted by molar-refractivity contribution is 5.97. The average molecular weight is 413 g/mol. The summed E-state index contributed by atoms with van der Waals surface area (Å²) in [7, 11) is 1.64. The van der Waals surface area contributed by atoms with Gasteiger partial charge >= 0.3 is 0 Å². The summed E-state index contributed by atoms with van der Waals surface area (Å²) in [6.07, 6.45) is 1.67. The van der Waals surface area contributed by atoms with Gasteiger partial charge in [-0.15, -0.1) is 0 Å². The van der Waals surface area contributed by atoms with Crippen molar-refractivity contribution in [2.24, 2.45) is 5.73 Å². The van der Waals surface area contributed by atoms with Crippen LogP contribution in [0.1, 0.15) is 28.9 Å². The fourth-order valence-corrected chi connectivity index (χ4v) is 2.25. The molecule has 160 valence electrons. The van der Waals surface area contributed by atoms with Gasteiger partial charge in [0.05, 0.1) is 6.61 Å². The third-order valence-electron chi connectivity index (χ3n) is 3.84. The summed E-state index contributed by atoms with van der Waals surface area (Å²) in [4.78, 5) is 27.8. The predicted molar refractivity (Wildman–Crippen MR) is 114 cm³/mol. The van der Waals surface area contributed by atoms with Gasteiger partial charge in [0.15, 0.2) is 0 Å². The first kappa shape index (κ1) is 24.6. The lowest BCUT2D eigenvalue weighted by Gasteiger charge is -2.14. The SMILES string of the molecule is C.COCCNc1ccc(C#Cc2ccc(C(=O)N[C@@H](CN)C(=O)NO)cc2)cn1. The second kappa shape index (κ2) is 12.9. The molecule has 0 aliphatic carbocycles. The Morgan fingerprint density at radius 1 is 1.17 bits per heavy atom. The Morgan fingerprint density at radius 2 is 1.83 bits per heavy atom. The number of nitrogens with one attached hydrogen (secondary N) is 3. The molecular weight excluding hydrogens is 386 g/mol. The van der Waals surface area contributed by atoms with Crippen LogP contribution in [0.2, 0.25) is 0 Å². The summed E-state index contributed by atoms with van der Waals surface area (Å²) in [6.45, 7) is 1.13. The molecule has 1 aromatic carbocycles. The van der Waals surface area contributed by atoms with Crippen LogP contribution in [0.3, 0.4) is 0 Å². The zero-order valence-corrected chi connectivity index (χ0v) is 15.9. The van der Waals surface area contributed by atoms with Crippen LogP contribution in [0.4, 0.5) is 5.82 Å². The van der Waals surface area contributed by atoms with Crippen LogP contribution in [-0.4, -0.2) is 54.9 Å². The predicted octanol–water partition coefficient (Wildman–Crippen LogP) is 0.738. The molecule has 1 atom stereocenters. The Balaban J connectivity index is 0.00000450. The Hall–Kier alpha value is -3.45. The maximum Gasteiger partial charge on any atom is 0.267 e. The number of benzene rings is 1. The molecule has 0 aliphatic heterocycles. The van der Waals surface area contributed by atoms with E-state index in [4.69, 9.17) is 15.7 Å². The number of hydrogen-bond acceptors (Lipinski definition) is 7. The molecule has 0 saturated heterocycles. The molecule has 0 unspecified atom stereocenters. The van der Waals surface area contributed by atoms with Gasteiger partial charge in [0.2, 0.25) is 0 Å². The Morgan fingerprint density at radius 3 is 2.40 bits per heavy atom. The van der Waals surface area contributed by atoms with E-state index in [1.165, 1.54) is 5.48 Å². The van der Waals surface area contributed by atoms with Crippen molar-refractivity contribution >= 4 is 17.6 Å². The number of amides is 2. The van der Waals surface area contributed by atoms with Gasteiger partial charge in [-0.2, -0.15) is 0 Å². The van der Waals surface area contributed by atoms with Crippen molar-refractivity contribution in [3.8, 4) is 11.8 Å². The molecule has 1 aromatic heterocycles. The van der Waals surface area contributed by atoms with E-state index in [-0.39, 0.29) is 14.0 Å². The minimum atomic E-state index is -1.02. The van der Waals surface area contributed by atoms with E-state index < -0.39 is 17.9 Å². The number of methoxy groups -OCH3 is 1. The fraction of sp³-hybridized carbons (Fsp3) is 0.286. The molecule has 6 N–H and O–H groups in total. The third-order valence-corrected chi connectivity index (χ3v) is 3.84. The Kier molecular flexibility index (Phi) is 10.6. The molecule has 2 aromatic rings. The lowest BCUT2D eigenvalue weighted by Crippen LogP contribution is -2.50. The summed E-state index contributed by atoms with van der Waals surface area (Å²) in [5.41, 5.74) is 8.69. The largest absolute Gasteiger partial charge is 0.383 e. The second-order valence-electron chi connectivity index (χ2n) is 5.92. The quantitative estimate of drug-likeness (QED) is 0.186. The van der Waals surface area contributed by atoms with Crippen LogP contribution in [0.5, 0.6) is 0 Å². The van der Waals surface area contributed by atoms with Crippen LogP contribution >= 0.6 is 0 Å². The van der Waals surface area contributed by atoms with Gasteiger partial charge in [0.1, 0.15) is 11.9 Å². The fourth-order valence-electron chi connectivity index (χ4n) is 2.25. The first-order chi connectivity index (χ1) is 14.1. The maximum atomic E-state index is 12.2. The number of aromatic nitrogens is 1. The summed E-state index contributed by atoms with van der Waals surface area (Å²) >= 11 is 0. The maximum absolute atomic E-state index is 12.2. The summed E-state index contributed by atoms with van der Waals surface area (Å²) in [5.74, 6) is 5.49. The Bertz CT molecular complexity index is 873. The zero-order chi connectivity index (χ0) is 21.1. The van der Waals surface area contributed by atoms with Crippen molar-refractivity contribution in [1.82, 2.24) is 15.8 Å². The molecule has 0 saturated carbocycles. The molecule has 30 heavy (non-hydrogen) atoms. The van der Waals surface area contributed by atoms with Gasteiger partial charge < -0.3 is 21.1 Å². The molecule has 2 rings (SSSR count). The van der Waals surface area contributed by atoms with Crippen LogP contribution in [0.15, 0.2) is 42.6 Å². The van der Waals surface area contributed by atoms with Crippen molar-refractivity contribution in [2.45, 2.75) is 13.5 Å². The van der Waals surface area contributed by atoms with Gasteiger partial charge in [0.25, 0.3) is 11.8 Å². The lowest BCUT2D eigenvalue weighted by atomic mass is 10.1. The van der Waals surface area contributed by atoms with E-state index in [2.05, 4.69) is 27.5 Å². The Labute approximate surface area is 176 Å². The molecule has 0 radical (unpaired) electrons. The van der Waals surface area contributed by atoms with Crippen LogP contribution in [0, 0.1) is 11.8 Å². The van der Waals surface area contributed by atoms with Gasteiger partial charge in [-0.1, -0.05) is 19.3 Å². The minimum absolute atomic E-state index is 0.